The van der Waals surface area contributed by atoms with Crippen LogP contribution in [0, 0.1) is 0 Å². The van der Waals surface area contributed by atoms with Crippen LogP contribution in [0.3, 0.4) is 0 Å². The van der Waals surface area contributed by atoms with E-state index in [0.717, 1.165) is 38.9 Å². The highest BCUT2D eigenvalue weighted by atomic mass is 32.2. The topological polar surface area (TPSA) is 62.1 Å². The van der Waals surface area contributed by atoms with E-state index in [4.69, 9.17) is 14.2 Å². The number of ether oxygens (including phenoxy) is 3. The molecule has 0 bridgehead atoms. The van der Waals surface area contributed by atoms with Crippen LogP contribution >= 0.6 is 23.1 Å². The fraction of sp³-hybridized carbons (Fsp3) is 0.300. The molecule has 0 spiro atoms. The number of hydrogen-bond donors (Lipinski definition) is 0. The van der Waals surface area contributed by atoms with Gasteiger partial charge in [-0.15, -0.1) is 11.8 Å². The van der Waals surface area contributed by atoms with Crippen molar-refractivity contribution in [2.75, 3.05) is 19.7 Å². The zero-order valence-electron chi connectivity index (χ0n) is 15.6. The minimum absolute atomic E-state index is 0.116. The molecule has 1 amide bonds. The van der Waals surface area contributed by atoms with Crippen LogP contribution in [0.4, 0.5) is 0 Å². The van der Waals surface area contributed by atoms with Gasteiger partial charge in [0.25, 0.3) is 0 Å². The largest absolute Gasteiger partial charge is 0.497 e. The summed E-state index contributed by atoms with van der Waals surface area (Å²) in [6.45, 7) is 3.02. The smallest absolute Gasteiger partial charge is 0.249 e. The Kier molecular flexibility index (Phi) is 5.59. The molecule has 6 nitrogen and oxygen atoms in total. The third-order valence-corrected chi connectivity index (χ3v) is 6.41. The number of thioether (sulfide) groups is 1. The lowest BCUT2D eigenvalue weighted by molar-refractivity contribution is -0.117. The predicted molar refractivity (Wildman–Crippen MR) is 111 cm³/mol. The zero-order chi connectivity index (χ0) is 19.5. The van der Waals surface area contributed by atoms with Crippen molar-refractivity contribution in [3.63, 3.8) is 0 Å². The molecule has 1 aromatic heterocycles. The number of rotatable bonds is 6. The predicted octanol–water partition coefficient (Wildman–Crippen LogP) is 4.07. The first-order valence-corrected chi connectivity index (χ1v) is 10.8. The molecule has 0 unspecified atom stereocenters. The van der Waals surface area contributed by atoms with Crippen LogP contribution < -0.4 is 19.0 Å². The van der Waals surface area contributed by atoms with Gasteiger partial charge in [-0.05, 0) is 31.2 Å². The van der Waals surface area contributed by atoms with E-state index >= 15 is 0 Å². The van der Waals surface area contributed by atoms with Gasteiger partial charge in [0.15, 0.2) is 16.3 Å². The van der Waals surface area contributed by atoms with Crippen molar-refractivity contribution in [2.45, 2.75) is 24.8 Å². The Balaban J connectivity index is 1.48. The molecule has 28 heavy (non-hydrogen) atoms. The Labute approximate surface area is 170 Å². The van der Waals surface area contributed by atoms with Crippen LogP contribution in [0.2, 0.25) is 0 Å². The number of benzene rings is 2. The second-order valence-electron chi connectivity index (χ2n) is 6.08. The summed E-state index contributed by atoms with van der Waals surface area (Å²) in [5.74, 6) is 2.87. The van der Waals surface area contributed by atoms with E-state index in [0.29, 0.717) is 17.0 Å². The van der Waals surface area contributed by atoms with Gasteiger partial charge in [0.05, 0.1) is 17.3 Å². The van der Waals surface area contributed by atoms with Crippen LogP contribution in [0.1, 0.15) is 13.3 Å². The lowest BCUT2D eigenvalue weighted by atomic mass is 10.3. The maximum atomic E-state index is 12.4. The average Bonchev–Trinajstić information content (AvgIpc) is 3.29. The lowest BCUT2D eigenvalue weighted by Crippen LogP contribution is -2.16. The van der Waals surface area contributed by atoms with Gasteiger partial charge in [-0.2, -0.15) is 4.99 Å². The summed E-state index contributed by atoms with van der Waals surface area (Å²) in [5, 5.41) is 0. The summed E-state index contributed by atoms with van der Waals surface area (Å²) >= 11 is 3.13. The van der Waals surface area contributed by atoms with E-state index in [9.17, 15) is 4.79 Å². The Morgan fingerprint density at radius 3 is 2.71 bits per heavy atom. The summed E-state index contributed by atoms with van der Waals surface area (Å²) in [5.41, 5.74) is 1.01. The normalized spacial score (nSPS) is 13.3. The molecule has 8 heteroatoms. The van der Waals surface area contributed by atoms with Gasteiger partial charge in [0, 0.05) is 35.7 Å². The first kappa shape index (κ1) is 18.9. The fourth-order valence-corrected chi connectivity index (χ4v) is 4.90. The summed E-state index contributed by atoms with van der Waals surface area (Å²) < 4.78 is 19.1. The summed E-state index contributed by atoms with van der Waals surface area (Å²) in [6, 6.07) is 11.7. The second kappa shape index (κ2) is 8.28. The van der Waals surface area contributed by atoms with Crippen molar-refractivity contribution in [1.29, 1.82) is 0 Å². The third kappa shape index (κ3) is 3.88. The SMILES string of the molecule is CCn1c(=NC(=O)CCSc2ccc(OC)cc2)sc2cc3c(cc21)OCO3. The number of carbonyl (C=O) groups excluding carboxylic acids is 1. The molecular weight excluding hydrogens is 396 g/mol. The number of amides is 1. The van der Waals surface area contributed by atoms with Crippen LogP contribution in [0.25, 0.3) is 10.2 Å². The quantitative estimate of drug-likeness (QED) is 0.567. The molecule has 4 rings (SSSR count). The van der Waals surface area contributed by atoms with E-state index in [1.54, 1.807) is 18.9 Å². The number of thiazole rings is 1. The first-order valence-electron chi connectivity index (χ1n) is 8.95. The number of aromatic nitrogens is 1. The molecule has 3 aromatic rings. The number of aryl methyl sites for hydroxylation is 1. The molecule has 0 fully saturated rings. The lowest BCUT2D eigenvalue weighted by Gasteiger charge is -2.03. The van der Waals surface area contributed by atoms with Crippen molar-refractivity contribution >= 4 is 39.2 Å². The first-order chi connectivity index (χ1) is 13.7. The number of carbonyl (C=O) groups is 1. The third-order valence-electron chi connectivity index (χ3n) is 4.36. The zero-order valence-corrected chi connectivity index (χ0v) is 17.3. The Hall–Kier alpha value is -2.45. The van der Waals surface area contributed by atoms with Gasteiger partial charge in [0.1, 0.15) is 5.75 Å². The Morgan fingerprint density at radius 1 is 1.25 bits per heavy atom. The molecule has 2 aromatic carbocycles. The van der Waals surface area contributed by atoms with Crippen molar-refractivity contribution < 1.29 is 19.0 Å². The number of methoxy groups -OCH3 is 1. The summed E-state index contributed by atoms with van der Waals surface area (Å²) in [7, 11) is 1.65. The van der Waals surface area contributed by atoms with Crippen molar-refractivity contribution in [1.82, 2.24) is 4.57 Å². The van der Waals surface area contributed by atoms with E-state index in [1.165, 1.54) is 11.3 Å². The summed E-state index contributed by atoms with van der Waals surface area (Å²) in [6.07, 6.45) is 0.386. The Morgan fingerprint density at radius 2 is 2.00 bits per heavy atom. The molecule has 0 N–H and O–H groups in total. The van der Waals surface area contributed by atoms with Crippen molar-refractivity contribution in [3.8, 4) is 17.2 Å². The Bertz CT molecular complexity index is 1070. The highest BCUT2D eigenvalue weighted by Gasteiger charge is 2.17. The van der Waals surface area contributed by atoms with E-state index < -0.39 is 0 Å². The van der Waals surface area contributed by atoms with Gasteiger partial charge in [-0.3, -0.25) is 4.79 Å². The van der Waals surface area contributed by atoms with Gasteiger partial charge in [-0.25, -0.2) is 0 Å². The molecule has 0 aliphatic carbocycles. The van der Waals surface area contributed by atoms with Crippen LogP contribution in [0.15, 0.2) is 46.3 Å². The van der Waals surface area contributed by atoms with Gasteiger partial charge >= 0.3 is 0 Å². The highest BCUT2D eigenvalue weighted by Crippen LogP contribution is 2.36. The van der Waals surface area contributed by atoms with E-state index in [1.807, 2.05) is 47.9 Å². The minimum atomic E-state index is -0.116. The van der Waals surface area contributed by atoms with Crippen LogP contribution in [0.5, 0.6) is 17.2 Å². The van der Waals surface area contributed by atoms with Crippen LogP contribution in [-0.4, -0.2) is 30.1 Å². The van der Waals surface area contributed by atoms with E-state index in [2.05, 4.69) is 4.99 Å². The van der Waals surface area contributed by atoms with Crippen molar-refractivity contribution in [3.05, 3.63) is 41.2 Å². The monoisotopic (exact) mass is 416 g/mol. The molecule has 146 valence electrons. The summed E-state index contributed by atoms with van der Waals surface area (Å²) in [4.78, 5) is 18.6. The van der Waals surface area contributed by atoms with E-state index in [-0.39, 0.29) is 12.7 Å². The maximum absolute atomic E-state index is 12.4. The van der Waals surface area contributed by atoms with Gasteiger partial charge in [0.2, 0.25) is 12.7 Å². The van der Waals surface area contributed by atoms with Gasteiger partial charge in [-0.1, -0.05) is 11.3 Å². The van der Waals surface area contributed by atoms with Crippen molar-refractivity contribution in [2.24, 2.45) is 4.99 Å². The second-order valence-corrected chi connectivity index (χ2v) is 8.26. The standard InChI is InChI=1S/C20H20N2O4S2/c1-3-22-15-10-16-17(26-12-25-16)11-18(15)28-20(22)21-19(23)8-9-27-14-6-4-13(24-2)5-7-14/h4-7,10-11H,3,8-9,12H2,1-2H3. The highest BCUT2D eigenvalue weighted by molar-refractivity contribution is 7.99. The van der Waals surface area contributed by atoms with Crippen LogP contribution in [-0.2, 0) is 11.3 Å². The maximum Gasteiger partial charge on any atom is 0.249 e. The molecule has 1 aliphatic heterocycles. The molecule has 0 saturated carbocycles. The molecule has 0 atom stereocenters. The molecular formula is C20H20N2O4S2. The number of hydrogen-bond acceptors (Lipinski definition) is 6. The molecule has 1 aliphatic rings. The molecule has 0 radical (unpaired) electrons. The molecule has 0 saturated heterocycles. The average molecular weight is 417 g/mol. The van der Waals surface area contributed by atoms with Gasteiger partial charge < -0.3 is 18.8 Å². The minimum Gasteiger partial charge on any atom is -0.497 e. The number of fused-ring (bicyclic) bond motifs is 2. The molecule has 2 heterocycles. The fourth-order valence-electron chi connectivity index (χ4n) is 2.94. The number of nitrogens with zero attached hydrogens (tertiary/aromatic N) is 2.